The first-order chi connectivity index (χ1) is 14.2. The van der Waals surface area contributed by atoms with E-state index in [1.54, 1.807) is 12.1 Å². The monoisotopic (exact) mass is 382 g/mol. The second-order valence-electron chi connectivity index (χ2n) is 7.01. The van der Waals surface area contributed by atoms with Gasteiger partial charge in [0.05, 0.1) is 0 Å². The Morgan fingerprint density at radius 1 is 0.931 bits per heavy atom. The first kappa shape index (κ1) is 17.3. The largest absolute Gasteiger partial charge is 0.422 e. The standard InChI is InChI=1S/C24H18N2O3/c27-23(25-12-11-16-14-26-21-8-4-3-7-18(16)21)20-13-19-17-6-2-1-5-15(17)9-10-22(19)29-24(20)28/h1-10,13-14,26H,11-12H2,(H,25,27). The lowest BCUT2D eigenvalue weighted by Crippen LogP contribution is -2.29. The Bertz CT molecular complexity index is 1430. The summed E-state index contributed by atoms with van der Waals surface area (Å²) in [7, 11) is 0. The summed E-state index contributed by atoms with van der Waals surface area (Å²) in [6.07, 6.45) is 2.62. The predicted octanol–water partition coefficient (Wildman–Crippen LogP) is 4.40. The highest BCUT2D eigenvalue weighted by Crippen LogP contribution is 2.25. The van der Waals surface area contributed by atoms with E-state index in [1.165, 1.54) is 0 Å². The van der Waals surface area contributed by atoms with Crippen LogP contribution in [0.25, 0.3) is 32.6 Å². The molecule has 0 aliphatic rings. The van der Waals surface area contributed by atoms with E-state index in [4.69, 9.17) is 4.42 Å². The highest BCUT2D eigenvalue weighted by Gasteiger charge is 2.15. The van der Waals surface area contributed by atoms with Crippen LogP contribution in [-0.4, -0.2) is 17.4 Å². The van der Waals surface area contributed by atoms with Crippen LogP contribution in [0.1, 0.15) is 15.9 Å². The number of rotatable bonds is 4. The van der Waals surface area contributed by atoms with Crippen LogP contribution in [0.3, 0.4) is 0 Å². The number of hydrogen-bond donors (Lipinski definition) is 2. The highest BCUT2D eigenvalue weighted by molar-refractivity contribution is 6.07. The van der Waals surface area contributed by atoms with Gasteiger partial charge in [0.15, 0.2) is 0 Å². The molecule has 0 aliphatic carbocycles. The Balaban J connectivity index is 1.41. The molecule has 0 unspecified atom stereocenters. The minimum Gasteiger partial charge on any atom is -0.422 e. The number of benzene rings is 3. The fraction of sp³-hybridized carbons (Fsp3) is 0.0833. The van der Waals surface area contributed by atoms with Gasteiger partial charge in [-0.05, 0) is 41.0 Å². The lowest BCUT2D eigenvalue weighted by molar-refractivity contribution is 0.0950. The SMILES string of the molecule is O=C(NCCc1c[nH]c2ccccc12)c1cc2c(ccc3ccccc32)oc1=O. The molecule has 0 fully saturated rings. The van der Waals surface area contributed by atoms with Gasteiger partial charge in [-0.25, -0.2) is 4.79 Å². The van der Waals surface area contributed by atoms with Crippen molar-refractivity contribution >= 4 is 38.6 Å². The molecule has 0 aliphatic heterocycles. The fourth-order valence-electron chi connectivity index (χ4n) is 3.77. The van der Waals surface area contributed by atoms with Crippen molar-refractivity contribution in [1.29, 1.82) is 0 Å². The van der Waals surface area contributed by atoms with E-state index in [2.05, 4.69) is 10.3 Å². The molecule has 5 rings (SSSR count). The van der Waals surface area contributed by atoms with Crippen molar-refractivity contribution in [2.24, 2.45) is 0 Å². The van der Waals surface area contributed by atoms with Gasteiger partial charge in [0.1, 0.15) is 11.1 Å². The topological polar surface area (TPSA) is 75.1 Å². The molecule has 2 N–H and O–H groups in total. The number of para-hydroxylation sites is 1. The van der Waals surface area contributed by atoms with Crippen molar-refractivity contribution in [3.63, 3.8) is 0 Å². The first-order valence-corrected chi connectivity index (χ1v) is 9.49. The van der Waals surface area contributed by atoms with Crippen LogP contribution in [0, 0.1) is 0 Å². The fourth-order valence-corrected chi connectivity index (χ4v) is 3.77. The van der Waals surface area contributed by atoms with E-state index in [0.717, 1.165) is 32.6 Å². The molecule has 0 bridgehead atoms. The van der Waals surface area contributed by atoms with Gasteiger partial charge in [-0.2, -0.15) is 0 Å². The van der Waals surface area contributed by atoms with Crippen LogP contribution >= 0.6 is 0 Å². The van der Waals surface area contributed by atoms with Crippen molar-refractivity contribution in [2.75, 3.05) is 6.54 Å². The Morgan fingerprint density at radius 2 is 1.72 bits per heavy atom. The minimum atomic E-state index is -0.627. The van der Waals surface area contributed by atoms with E-state index in [-0.39, 0.29) is 5.56 Å². The summed E-state index contributed by atoms with van der Waals surface area (Å²) >= 11 is 0. The zero-order chi connectivity index (χ0) is 19.8. The molecule has 5 heteroatoms. The first-order valence-electron chi connectivity index (χ1n) is 9.49. The smallest absolute Gasteiger partial charge is 0.349 e. The molecular weight excluding hydrogens is 364 g/mol. The molecule has 5 nitrogen and oxygen atoms in total. The third-order valence-electron chi connectivity index (χ3n) is 5.24. The van der Waals surface area contributed by atoms with Gasteiger partial charge in [0, 0.05) is 29.0 Å². The Morgan fingerprint density at radius 3 is 2.62 bits per heavy atom. The predicted molar refractivity (Wildman–Crippen MR) is 114 cm³/mol. The number of aromatic nitrogens is 1. The van der Waals surface area contributed by atoms with Crippen molar-refractivity contribution in [3.05, 3.63) is 94.5 Å². The maximum Gasteiger partial charge on any atom is 0.349 e. The maximum atomic E-state index is 12.7. The molecular formula is C24H18N2O3. The van der Waals surface area contributed by atoms with Crippen LogP contribution < -0.4 is 10.9 Å². The normalized spacial score (nSPS) is 11.3. The van der Waals surface area contributed by atoms with Gasteiger partial charge in [-0.15, -0.1) is 0 Å². The van der Waals surface area contributed by atoms with E-state index in [0.29, 0.717) is 18.5 Å². The molecule has 1 amide bonds. The third-order valence-corrected chi connectivity index (χ3v) is 5.24. The molecule has 0 atom stereocenters. The highest BCUT2D eigenvalue weighted by atomic mass is 16.4. The van der Waals surface area contributed by atoms with E-state index in [1.807, 2.05) is 60.8 Å². The average molecular weight is 382 g/mol. The summed E-state index contributed by atoms with van der Waals surface area (Å²) in [5.41, 5.74) is 2.06. The zero-order valence-corrected chi connectivity index (χ0v) is 15.6. The van der Waals surface area contributed by atoms with Crippen LogP contribution in [0.4, 0.5) is 0 Å². The Labute approximate surface area is 166 Å². The third kappa shape index (κ3) is 3.06. The number of carbonyl (C=O) groups excluding carboxylic acids is 1. The number of aromatic amines is 1. The number of hydrogen-bond acceptors (Lipinski definition) is 3. The lowest BCUT2D eigenvalue weighted by atomic mass is 10.0. The molecule has 5 aromatic rings. The molecule has 29 heavy (non-hydrogen) atoms. The minimum absolute atomic E-state index is 0.0211. The van der Waals surface area contributed by atoms with Crippen LogP contribution in [-0.2, 0) is 6.42 Å². The summed E-state index contributed by atoms with van der Waals surface area (Å²) in [5.74, 6) is -0.423. The van der Waals surface area contributed by atoms with Gasteiger partial charge < -0.3 is 14.7 Å². The molecule has 0 radical (unpaired) electrons. The van der Waals surface area contributed by atoms with Crippen LogP contribution in [0.2, 0.25) is 0 Å². The van der Waals surface area contributed by atoms with Crippen molar-refractivity contribution < 1.29 is 9.21 Å². The quantitative estimate of drug-likeness (QED) is 0.357. The molecule has 142 valence electrons. The van der Waals surface area contributed by atoms with Crippen molar-refractivity contribution in [2.45, 2.75) is 6.42 Å². The summed E-state index contributed by atoms with van der Waals surface area (Å²) in [6, 6.07) is 21.1. The van der Waals surface area contributed by atoms with E-state index >= 15 is 0 Å². The average Bonchev–Trinajstić information content (AvgIpc) is 3.16. The summed E-state index contributed by atoms with van der Waals surface area (Å²) in [5, 5.41) is 6.71. The number of carbonyl (C=O) groups is 1. The van der Waals surface area contributed by atoms with Crippen molar-refractivity contribution in [1.82, 2.24) is 10.3 Å². The number of H-pyrrole nitrogens is 1. The molecule has 2 heterocycles. The van der Waals surface area contributed by atoms with Gasteiger partial charge in [0.25, 0.3) is 5.91 Å². The van der Waals surface area contributed by atoms with Gasteiger partial charge >= 0.3 is 5.63 Å². The zero-order valence-electron chi connectivity index (χ0n) is 15.6. The van der Waals surface area contributed by atoms with E-state index in [9.17, 15) is 9.59 Å². The molecule has 0 saturated carbocycles. The maximum absolute atomic E-state index is 12.7. The van der Waals surface area contributed by atoms with E-state index < -0.39 is 11.5 Å². The number of nitrogens with one attached hydrogen (secondary N) is 2. The summed E-state index contributed by atoms with van der Waals surface area (Å²) < 4.78 is 5.41. The number of fused-ring (bicyclic) bond motifs is 4. The molecule has 2 aromatic heterocycles. The Hall–Kier alpha value is -3.86. The molecule has 0 spiro atoms. The number of amides is 1. The second-order valence-corrected chi connectivity index (χ2v) is 7.01. The van der Waals surface area contributed by atoms with Crippen LogP contribution in [0.5, 0.6) is 0 Å². The van der Waals surface area contributed by atoms with Crippen molar-refractivity contribution in [3.8, 4) is 0 Å². The summed E-state index contributed by atoms with van der Waals surface area (Å²) in [4.78, 5) is 28.2. The Kier molecular flexibility index (Phi) is 4.13. The second kappa shape index (κ2) is 6.95. The van der Waals surface area contributed by atoms with Crippen LogP contribution in [0.15, 0.2) is 82.1 Å². The van der Waals surface area contributed by atoms with Gasteiger partial charge in [0.2, 0.25) is 0 Å². The molecule has 3 aromatic carbocycles. The molecule has 0 saturated heterocycles. The van der Waals surface area contributed by atoms with Gasteiger partial charge in [-0.3, -0.25) is 4.79 Å². The lowest BCUT2D eigenvalue weighted by Gasteiger charge is -2.07. The summed E-state index contributed by atoms with van der Waals surface area (Å²) in [6.45, 7) is 0.424. The van der Waals surface area contributed by atoms with Gasteiger partial charge in [-0.1, -0.05) is 48.5 Å².